The molecule has 4 aliphatic heterocycles. The highest BCUT2D eigenvalue weighted by molar-refractivity contribution is 5.99. The number of esters is 1. The zero-order valence-electron chi connectivity index (χ0n) is 28.4. The Kier molecular flexibility index (Phi) is 10.7. The molecule has 3 amide bonds. The van der Waals surface area contributed by atoms with Crippen LogP contribution < -0.4 is 0 Å². The summed E-state index contributed by atoms with van der Waals surface area (Å²) >= 11 is 0. The number of carbonyl (C=O) groups is 4. The molecule has 7 atom stereocenters. The van der Waals surface area contributed by atoms with Crippen molar-refractivity contribution in [3.8, 4) is 0 Å². The Labute approximate surface area is 284 Å². The Morgan fingerprint density at radius 2 is 1.69 bits per heavy atom. The van der Waals surface area contributed by atoms with Gasteiger partial charge in [-0.3, -0.25) is 19.2 Å². The van der Waals surface area contributed by atoms with Gasteiger partial charge in [0.25, 0.3) is 0 Å². The van der Waals surface area contributed by atoms with E-state index < -0.39 is 47.7 Å². The van der Waals surface area contributed by atoms with Crippen LogP contribution in [0.3, 0.4) is 0 Å². The van der Waals surface area contributed by atoms with E-state index in [1.165, 1.54) is 0 Å². The lowest BCUT2D eigenvalue weighted by atomic mass is 9.74. The number of amides is 3. The molecule has 6 rings (SSSR count). The number of cyclic esters (lactones) is 1. The second-order valence-corrected chi connectivity index (χ2v) is 14.2. The number of rotatable bonds is 8. The van der Waals surface area contributed by atoms with E-state index in [1.54, 1.807) is 16.8 Å². The summed E-state index contributed by atoms with van der Waals surface area (Å²) in [7, 11) is 1.74. The number of nitrogens with zero attached hydrogens (tertiary/aromatic N) is 3. The number of likely N-dealkylation sites (tertiary alicyclic amines) is 1. The average Bonchev–Trinajstić information content (AvgIpc) is 3.75. The van der Waals surface area contributed by atoms with Crippen molar-refractivity contribution in [2.45, 2.75) is 113 Å². The minimum Gasteiger partial charge on any atom is -0.455 e. The van der Waals surface area contributed by atoms with Crippen molar-refractivity contribution in [3.05, 3.63) is 60.2 Å². The molecule has 5 aliphatic rings. The van der Waals surface area contributed by atoms with Crippen LogP contribution in [0.5, 0.6) is 0 Å². The summed E-state index contributed by atoms with van der Waals surface area (Å²) in [5.74, 6) is -2.83. The molecule has 48 heavy (non-hydrogen) atoms. The molecule has 10 heteroatoms. The summed E-state index contributed by atoms with van der Waals surface area (Å²) in [4.78, 5) is 62.5. The molecule has 1 N–H and O–H groups in total. The molecule has 3 fully saturated rings. The summed E-state index contributed by atoms with van der Waals surface area (Å²) in [6, 6.07) is 8.06. The molecule has 10 nitrogen and oxygen atoms in total. The second kappa shape index (κ2) is 14.9. The van der Waals surface area contributed by atoms with Crippen molar-refractivity contribution in [1.82, 2.24) is 14.7 Å². The van der Waals surface area contributed by atoms with Crippen molar-refractivity contribution >= 4 is 23.7 Å². The maximum Gasteiger partial charge on any atom is 0.313 e. The van der Waals surface area contributed by atoms with Gasteiger partial charge in [0.05, 0.1) is 18.1 Å². The van der Waals surface area contributed by atoms with E-state index in [0.717, 1.165) is 50.5 Å². The number of unbranched alkanes of at least 4 members (excludes halogenated alkanes) is 3. The Bertz CT molecular complexity index is 1390. The van der Waals surface area contributed by atoms with Crippen LogP contribution in [0.25, 0.3) is 0 Å². The van der Waals surface area contributed by atoms with E-state index in [-0.39, 0.29) is 30.4 Å². The Balaban J connectivity index is 1.39. The van der Waals surface area contributed by atoms with Crippen molar-refractivity contribution < 1.29 is 33.8 Å². The number of allylic oxidation sites excluding steroid dienone is 1. The fourth-order valence-electron chi connectivity index (χ4n) is 8.58. The highest BCUT2D eigenvalue weighted by Gasteiger charge is 2.73. The lowest BCUT2D eigenvalue weighted by molar-refractivity contribution is -0.164. The molecule has 1 saturated carbocycles. The van der Waals surface area contributed by atoms with E-state index in [9.17, 15) is 24.3 Å². The topological polar surface area (TPSA) is 117 Å². The fraction of sp³-hybridized carbons (Fsp3) is 0.632. The first kappa shape index (κ1) is 34.4. The smallest absolute Gasteiger partial charge is 0.313 e. The minimum atomic E-state index is -1.27. The van der Waals surface area contributed by atoms with Crippen molar-refractivity contribution in [1.29, 1.82) is 0 Å². The molecule has 1 aromatic rings. The molecule has 0 unspecified atom stereocenters. The number of fused-ring (bicyclic) bond motifs is 2. The SMILES string of the molecule is C[C@H]1[C@H](c2ccccc2)OC(=O)[C@@H]2[C@H]3C(=O)N(CCCCCCO)[C@H](C(=O)N(C4CCCCC4)C/C=C\CCC(=O)N1C)[C@]31C=C[C@H]2O1. The summed E-state index contributed by atoms with van der Waals surface area (Å²) in [5.41, 5.74) is -0.512. The third-order valence-corrected chi connectivity index (χ3v) is 11.3. The molecular formula is C38H51N3O7. The first-order valence-electron chi connectivity index (χ1n) is 18.0. The molecule has 1 aromatic carbocycles. The van der Waals surface area contributed by atoms with Gasteiger partial charge in [-0.1, -0.05) is 86.7 Å². The maximum absolute atomic E-state index is 14.9. The first-order valence-corrected chi connectivity index (χ1v) is 18.0. The van der Waals surface area contributed by atoms with Crippen molar-refractivity contribution in [2.24, 2.45) is 11.8 Å². The number of hydrogen-bond acceptors (Lipinski definition) is 7. The van der Waals surface area contributed by atoms with Gasteiger partial charge in [0.15, 0.2) is 0 Å². The predicted molar refractivity (Wildman–Crippen MR) is 179 cm³/mol. The van der Waals surface area contributed by atoms with Gasteiger partial charge in [-0.15, -0.1) is 0 Å². The van der Waals surface area contributed by atoms with Crippen LogP contribution in [-0.2, 0) is 28.7 Å². The standard InChI is InChI=1S/C38H51N3O7/c1-26-33(27-16-8-5-9-17-27)47-37(46)31-29-21-22-38(48-29)32(31)35(44)41(24-13-3-4-15-25-42)34(38)36(45)40(28-18-10-6-11-19-28)23-14-7-12-20-30(43)39(26)2/h5,7-9,14,16-17,21-22,26,28-29,31-34,42H,3-4,6,10-13,15,18-20,23-25H2,1-2H3/b14-7-/t26-,29+,31-,32-,33+,34+,38-/m0/s1. The lowest BCUT2D eigenvalue weighted by Gasteiger charge is -2.40. The number of aliphatic hydroxyl groups excluding tert-OH is 1. The molecular weight excluding hydrogens is 610 g/mol. The van der Waals surface area contributed by atoms with E-state index >= 15 is 0 Å². The van der Waals surface area contributed by atoms with Crippen LogP contribution in [-0.4, -0.2) is 100 Å². The minimum absolute atomic E-state index is 0.0403. The molecule has 4 heterocycles. The zero-order valence-corrected chi connectivity index (χ0v) is 28.4. The fourth-order valence-corrected chi connectivity index (χ4v) is 8.58. The maximum atomic E-state index is 14.9. The number of benzene rings is 1. The average molecular weight is 662 g/mol. The van der Waals surface area contributed by atoms with Crippen molar-refractivity contribution in [2.75, 3.05) is 26.7 Å². The highest BCUT2D eigenvalue weighted by Crippen LogP contribution is 2.56. The molecule has 5 bridgehead atoms. The Hall–Kier alpha value is -3.50. The number of aliphatic hydroxyl groups is 1. The van der Waals surface area contributed by atoms with E-state index in [4.69, 9.17) is 9.47 Å². The van der Waals surface area contributed by atoms with Crippen LogP contribution in [0, 0.1) is 11.8 Å². The van der Waals surface area contributed by atoms with Crippen molar-refractivity contribution in [3.63, 3.8) is 0 Å². The number of likely N-dealkylation sites (N-methyl/N-ethyl adjacent to an activating group) is 1. The summed E-state index contributed by atoms with van der Waals surface area (Å²) in [5, 5.41) is 9.28. The molecule has 260 valence electrons. The quantitative estimate of drug-likeness (QED) is 0.251. The number of carbonyl (C=O) groups excluding carboxylic acids is 4. The number of hydrogen-bond donors (Lipinski definition) is 1. The first-order chi connectivity index (χ1) is 23.3. The second-order valence-electron chi connectivity index (χ2n) is 14.2. The molecule has 0 radical (unpaired) electrons. The summed E-state index contributed by atoms with van der Waals surface area (Å²) < 4.78 is 13.0. The molecule has 2 saturated heterocycles. The van der Waals surface area contributed by atoms with Crippen LogP contribution in [0.1, 0.15) is 89.2 Å². The van der Waals surface area contributed by atoms with Crippen LogP contribution in [0.4, 0.5) is 0 Å². The molecule has 1 spiro atoms. The summed E-state index contributed by atoms with van der Waals surface area (Å²) in [6.07, 6.45) is 15.0. The monoisotopic (exact) mass is 661 g/mol. The Morgan fingerprint density at radius 3 is 2.44 bits per heavy atom. The third-order valence-electron chi connectivity index (χ3n) is 11.3. The van der Waals surface area contributed by atoms with Gasteiger partial charge in [-0.05, 0) is 44.6 Å². The van der Waals surface area contributed by atoms with Gasteiger partial charge in [-0.25, -0.2) is 0 Å². The van der Waals surface area contributed by atoms with Crippen LogP contribution in [0.2, 0.25) is 0 Å². The van der Waals surface area contributed by atoms with E-state index in [0.29, 0.717) is 38.8 Å². The van der Waals surface area contributed by atoms with Gasteiger partial charge in [0, 0.05) is 39.2 Å². The van der Waals surface area contributed by atoms with Gasteiger partial charge >= 0.3 is 5.97 Å². The number of ether oxygens (including phenoxy) is 2. The lowest BCUT2D eigenvalue weighted by Crippen LogP contribution is -2.58. The third kappa shape index (κ3) is 6.45. The predicted octanol–water partition coefficient (Wildman–Crippen LogP) is 4.33. The Morgan fingerprint density at radius 1 is 0.938 bits per heavy atom. The van der Waals surface area contributed by atoms with Gasteiger partial charge in [0.1, 0.15) is 23.7 Å². The van der Waals surface area contributed by atoms with Crippen LogP contribution >= 0.6 is 0 Å². The summed E-state index contributed by atoms with van der Waals surface area (Å²) in [6.45, 7) is 2.75. The van der Waals surface area contributed by atoms with Crippen LogP contribution in [0.15, 0.2) is 54.6 Å². The molecule has 0 aromatic heterocycles. The zero-order chi connectivity index (χ0) is 33.8. The van der Waals surface area contributed by atoms with Gasteiger partial charge in [-0.2, -0.15) is 0 Å². The highest BCUT2D eigenvalue weighted by atomic mass is 16.6. The van der Waals surface area contributed by atoms with Gasteiger partial charge in [0.2, 0.25) is 17.7 Å². The largest absolute Gasteiger partial charge is 0.455 e. The van der Waals surface area contributed by atoms with E-state index in [2.05, 4.69) is 0 Å². The normalized spacial score (nSPS) is 33.8. The van der Waals surface area contributed by atoms with E-state index in [1.807, 2.05) is 66.5 Å². The van der Waals surface area contributed by atoms with Gasteiger partial charge < -0.3 is 29.3 Å². The molecule has 1 aliphatic carbocycles.